The molecule has 0 aliphatic carbocycles. The van der Waals surface area contributed by atoms with Crippen LogP contribution in [0.4, 0.5) is 5.13 Å². The molecule has 2 heterocycles. The lowest BCUT2D eigenvalue weighted by Gasteiger charge is -2.35. The van der Waals surface area contributed by atoms with Crippen LogP contribution < -0.4 is 4.90 Å². The first kappa shape index (κ1) is 11.5. The molecule has 4 nitrogen and oxygen atoms in total. The molecule has 2 rings (SSSR count). The molecule has 0 spiro atoms. The van der Waals surface area contributed by atoms with Gasteiger partial charge in [-0.15, -0.1) is 11.3 Å². The van der Waals surface area contributed by atoms with E-state index in [1.54, 1.807) is 6.92 Å². The standard InChI is InChI=1S/C11H16N2O2S/c1-7-4-13(5-8(2)15-7)11-12-10(6-16-11)9(3)14/h6-8H,4-5H2,1-3H3. The van der Waals surface area contributed by atoms with Crippen molar-refractivity contribution in [3.8, 4) is 0 Å². The number of thiazole rings is 1. The summed E-state index contributed by atoms with van der Waals surface area (Å²) >= 11 is 1.53. The first-order valence-electron chi connectivity index (χ1n) is 5.43. The smallest absolute Gasteiger partial charge is 0.186 e. The van der Waals surface area contributed by atoms with E-state index in [4.69, 9.17) is 4.74 Å². The Balaban J connectivity index is 2.13. The van der Waals surface area contributed by atoms with E-state index in [2.05, 4.69) is 23.7 Å². The number of hydrogen-bond acceptors (Lipinski definition) is 5. The van der Waals surface area contributed by atoms with E-state index in [0.29, 0.717) is 5.69 Å². The summed E-state index contributed by atoms with van der Waals surface area (Å²) in [7, 11) is 0. The summed E-state index contributed by atoms with van der Waals surface area (Å²) < 4.78 is 5.66. The number of aromatic nitrogens is 1. The van der Waals surface area contributed by atoms with E-state index in [1.807, 2.05) is 5.38 Å². The molecule has 88 valence electrons. The van der Waals surface area contributed by atoms with Crippen LogP contribution in [0, 0.1) is 0 Å². The fourth-order valence-corrected chi connectivity index (χ4v) is 2.79. The lowest BCUT2D eigenvalue weighted by atomic mass is 10.2. The summed E-state index contributed by atoms with van der Waals surface area (Å²) in [5, 5.41) is 2.75. The Kier molecular flexibility index (Phi) is 3.25. The molecule has 0 amide bonds. The van der Waals surface area contributed by atoms with Crippen LogP contribution in [0.25, 0.3) is 0 Å². The predicted molar refractivity (Wildman–Crippen MR) is 64.3 cm³/mol. The Hall–Kier alpha value is -0.940. The van der Waals surface area contributed by atoms with Crippen molar-refractivity contribution in [1.82, 2.24) is 4.98 Å². The second kappa shape index (κ2) is 4.51. The van der Waals surface area contributed by atoms with Crippen LogP contribution in [0.2, 0.25) is 0 Å². The van der Waals surface area contributed by atoms with Crippen molar-refractivity contribution in [3.05, 3.63) is 11.1 Å². The molecule has 0 saturated carbocycles. The van der Waals surface area contributed by atoms with Gasteiger partial charge in [-0.25, -0.2) is 4.98 Å². The summed E-state index contributed by atoms with van der Waals surface area (Å²) in [6.45, 7) is 7.35. The largest absolute Gasteiger partial charge is 0.372 e. The molecule has 2 unspecified atom stereocenters. The van der Waals surface area contributed by atoms with Gasteiger partial charge in [0.1, 0.15) is 5.69 Å². The minimum Gasteiger partial charge on any atom is -0.372 e. The Morgan fingerprint density at radius 3 is 2.62 bits per heavy atom. The number of carbonyl (C=O) groups is 1. The number of rotatable bonds is 2. The van der Waals surface area contributed by atoms with Gasteiger partial charge in [-0.1, -0.05) is 0 Å². The van der Waals surface area contributed by atoms with E-state index in [9.17, 15) is 4.79 Å². The highest BCUT2D eigenvalue weighted by atomic mass is 32.1. The van der Waals surface area contributed by atoms with Crippen molar-refractivity contribution in [2.75, 3.05) is 18.0 Å². The van der Waals surface area contributed by atoms with Crippen molar-refractivity contribution in [3.63, 3.8) is 0 Å². The van der Waals surface area contributed by atoms with Gasteiger partial charge in [-0.2, -0.15) is 0 Å². The molecule has 1 aliphatic heterocycles. The fourth-order valence-electron chi connectivity index (χ4n) is 1.91. The molecule has 0 N–H and O–H groups in total. The van der Waals surface area contributed by atoms with Crippen LogP contribution in [0.15, 0.2) is 5.38 Å². The molecule has 5 heteroatoms. The van der Waals surface area contributed by atoms with Crippen molar-refractivity contribution >= 4 is 22.3 Å². The fraction of sp³-hybridized carbons (Fsp3) is 0.636. The average molecular weight is 240 g/mol. The Morgan fingerprint density at radius 1 is 1.50 bits per heavy atom. The highest BCUT2D eigenvalue weighted by Gasteiger charge is 2.24. The third kappa shape index (κ3) is 2.41. The maximum Gasteiger partial charge on any atom is 0.186 e. The molecule has 1 aliphatic rings. The number of ketones is 1. The molecule has 0 radical (unpaired) electrons. The van der Waals surface area contributed by atoms with Crippen molar-refractivity contribution in [2.45, 2.75) is 33.0 Å². The van der Waals surface area contributed by atoms with Crippen molar-refractivity contribution in [1.29, 1.82) is 0 Å². The molecule has 1 aromatic heterocycles. The van der Waals surface area contributed by atoms with Gasteiger partial charge >= 0.3 is 0 Å². The Bertz CT molecular complexity index is 381. The highest BCUT2D eigenvalue weighted by molar-refractivity contribution is 7.13. The van der Waals surface area contributed by atoms with Crippen LogP contribution >= 0.6 is 11.3 Å². The molecule has 0 aromatic carbocycles. The van der Waals surface area contributed by atoms with Crippen LogP contribution in [-0.2, 0) is 4.74 Å². The molecule has 1 aromatic rings. The van der Waals surface area contributed by atoms with Gasteiger partial charge in [-0.3, -0.25) is 4.79 Å². The topological polar surface area (TPSA) is 42.4 Å². The lowest BCUT2D eigenvalue weighted by Crippen LogP contribution is -2.45. The normalized spacial score (nSPS) is 25.8. The van der Waals surface area contributed by atoms with Crippen molar-refractivity contribution < 1.29 is 9.53 Å². The number of hydrogen-bond donors (Lipinski definition) is 0. The number of Topliss-reactive ketones (excluding diaryl/α,β-unsaturated/α-hetero) is 1. The zero-order valence-electron chi connectivity index (χ0n) is 9.77. The summed E-state index contributed by atoms with van der Waals surface area (Å²) in [6, 6.07) is 0. The Labute approximate surface area is 99.2 Å². The number of ether oxygens (including phenoxy) is 1. The van der Waals surface area contributed by atoms with Gasteiger partial charge in [-0.05, 0) is 13.8 Å². The first-order chi connectivity index (χ1) is 7.56. The molecule has 1 saturated heterocycles. The van der Waals surface area contributed by atoms with E-state index in [1.165, 1.54) is 11.3 Å². The molecule has 16 heavy (non-hydrogen) atoms. The average Bonchev–Trinajstić information content (AvgIpc) is 2.64. The van der Waals surface area contributed by atoms with Crippen molar-refractivity contribution in [2.24, 2.45) is 0 Å². The first-order valence-corrected chi connectivity index (χ1v) is 6.31. The second-order valence-electron chi connectivity index (χ2n) is 4.23. The molecule has 2 atom stereocenters. The van der Waals surface area contributed by atoms with E-state index < -0.39 is 0 Å². The van der Waals surface area contributed by atoms with Crippen LogP contribution in [0.5, 0.6) is 0 Å². The lowest BCUT2D eigenvalue weighted by molar-refractivity contribution is -0.00522. The maximum absolute atomic E-state index is 11.2. The zero-order chi connectivity index (χ0) is 11.7. The summed E-state index contributed by atoms with van der Waals surface area (Å²) in [5.74, 6) is 0.0249. The summed E-state index contributed by atoms with van der Waals surface area (Å²) in [5.41, 5.74) is 0.562. The van der Waals surface area contributed by atoms with E-state index in [-0.39, 0.29) is 18.0 Å². The van der Waals surface area contributed by atoms with E-state index in [0.717, 1.165) is 18.2 Å². The third-order valence-electron chi connectivity index (χ3n) is 2.54. The van der Waals surface area contributed by atoms with Gasteiger partial charge in [0.25, 0.3) is 0 Å². The number of anilines is 1. The number of carbonyl (C=O) groups excluding carboxylic acids is 1. The minimum absolute atomic E-state index is 0.0249. The van der Waals surface area contributed by atoms with Crippen LogP contribution in [0.1, 0.15) is 31.3 Å². The minimum atomic E-state index is 0.0249. The summed E-state index contributed by atoms with van der Waals surface area (Å²) in [4.78, 5) is 17.7. The third-order valence-corrected chi connectivity index (χ3v) is 3.44. The molecular formula is C11H16N2O2S. The van der Waals surface area contributed by atoms with Gasteiger partial charge < -0.3 is 9.64 Å². The van der Waals surface area contributed by atoms with Gasteiger partial charge in [0.15, 0.2) is 10.9 Å². The van der Waals surface area contributed by atoms with Crippen LogP contribution in [0.3, 0.4) is 0 Å². The number of morpholine rings is 1. The van der Waals surface area contributed by atoms with Gasteiger partial charge in [0.2, 0.25) is 0 Å². The molecule has 0 bridgehead atoms. The Morgan fingerprint density at radius 2 is 2.12 bits per heavy atom. The molecular weight excluding hydrogens is 224 g/mol. The number of nitrogens with zero attached hydrogens (tertiary/aromatic N) is 2. The maximum atomic E-state index is 11.2. The summed E-state index contributed by atoms with van der Waals surface area (Å²) in [6.07, 6.45) is 0.432. The van der Waals surface area contributed by atoms with E-state index >= 15 is 0 Å². The van der Waals surface area contributed by atoms with Gasteiger partial charge in [0.05, 0.1) is 12.2 Å². The SMILES string of the molecule is CC(=O)c1csc(N2CC(C)OC(C)C2)n1. The van der Waals surface area contributed by atoms with Crippen LogP contribution in [-0.4, -0.2) is 36.1 Å². The highest BCUT2D eigenvalue weighted by Crippen LogP contribution is 2.24. The predicted octanol–water partition coefficient (Wildman–Crippen LogP) is 1.96. The second-order valence-corrected chi connectivity index (χ2v) is 5.07. The molecule has 1 fully saturated rings. The monoisotopic (exact) mass is 240 g/mol. The zero-order valence-corrected chi connectivity index (χ0v) is 10.6. The quantitative estimate of drug-likeness (QED) is 0.741. The van der Waals surface area contributed by atoms with Gasteiger partial charge in [0, 0.05) is 25.4 Å².